The van der Waals surface area contributed by atoms with Crippen molar-refractivity contribution in [3.63, 3.8) is 0 Å². The molecule has 1 atom stereocenters. The van der Waals surface area contributed by atoms with E-state index in [1.54, 1.807) is 17.0 Å². The van der Waals surface area contributed by atoms with Crippen LogP contribution in [0.1, 0.15) is 12.0 Å². The van der Waals surface area contributed by atoms with E-state index in [2.05, 4.69) is 37.2 Å². The third-order valence-corrected chi connectivity index (χ3v) is 6.14. The van der Waals surface area contributed by atoms with Gasteiger partial charge in [0.2, 0.25) is 11.8 Å². The molecule has 0 radical (unpaired) electrons. The average Bonchev–Trinajstić information content (AvgIpc) is 2.98. The van der Waals surface area contributed by atoms with Crippen molar-refractivity contribution in [2.75, 3.05) is 16.8 Å². The van der Waals surface area contributed by atoms with Crippen LogP contribution in [-0.2, 0) is 9.59 Å². The molecule has 0 saturated carbocycles. The summed E-state index contributed by atoms with van der Waals surface area (Å²) in [6, 6.07) is 11.1. The molecule has 2 amide bonds. The summed E-state index contributed by atoms with van der Waals surface area (Å²) in [4.78, 5) is 26.5. The molecule has 2 aromatic carbocycles. The van der Waals surface area contributed by atoms with Crippen LogP contribution in [0, 0.1) is 12.8 Å². The molecule has 0 aromatic heterocycles. The van der Waals surface area contributed by atoms with Gasteiger partial charge < -0.3 is 10.2 Å². The molecule has 130 valence electrons. The Labute approximate surface area is 167 Å². The Morgan fingerprint density at radius 2 is 1.88 bits per heavy atom. The van der Waals surface area contributed by atoms with Crippen molar-refractivity contribution in [2.45, 2.75) is 13.3 Å². The molecular formula is C18H15Br2ClN2O2. The molecular weight excluding hydrogens is 471 g/mol. The molecule has 1 fully saturated rings. The number of anilines is 2. The van der Waals surface area contributed by atoms with Crippen molar-refractivity contribution < 1.29 is 9.59 Å². The molecule has 0 spiro atoms. The van der Waals surface area contributed by atoms with Crippen LogP contribution in [0.5, 0.6) is 0 Å². The lowest BCUT2D eigenvalue weighted by molar-refractivity contribution is -0.122. The van der Waals surface area contributed by atoms with E-state index in [4.69, 9.17) is 11.6 Å². The molecule has 1 N–H and O–H groups in total. The predicted molar refractivity (Wildman–Crippen MR) is 107 cm³/mol. The molecule has 7 heteroatoms. The van der Waals surface area contributed by atoms with Gasteiger partial charge in [0.15, 0.2) is 0 Å². The summed E-state index contributed by atoms with van der Waals surface area (Å²) >= 11 is 12.9. The Morgan fingerprint density at radius 1 is 1.20 bits per heavy atom. The number of carbonyl (C=O) groups excluding carboxylic acids is 2. The molecule has 1 aliphatic rings. The molecule has 0 bridgehead atoms. The van der Waals surface area contributed by atoms with Gasteiger partial charge in [-0.2, -0.15) is 0 Å². The van der Waals surface area contributed by atoms with Gasteiger partial charge in [-0.1, -0.05) is 27.5 Å². The number of halogens is 3. The van der Waals surface area contributed by atoms with Crippen molar-refractivity contribution in [2.24, 2.45) is 5.92 Å². The van der Waals surface area contributed by atoms with E-state index in [0.717, 1.165) is 20.2 Å². The summed E-state index contributed by atoms with van der Waals surface area (Å²) in [5, 5.41) is 3.46. The lowest BCUT2D eigenvalue weighted by atomic mass is 10.1. The molecule has 25 heavy (non-hydrogen) atoms. The quantitative estimate of drug-likeness (QED) is 0.651. The van der Waals surface area contributed by atoms with Crippen molar-refractivity contribution in [1.82, 2.24) is 0 Å². The minimum absolute atomic E-state index is 0.0481. The van der Waals surface area contributed by atoms with E-state index in [1.165, 1.54) is 0 Å². The van der Waals surface area contributed by atoms with Gasteiger partial charge >= 0.3 is 0 Å². The maximum absolute atomic E-state index is 12.6. The molecule has 0 unspecified atom stereocenters. The van der Waals surface area contributed by atoms with Crippen LogP contribution in [0.4, 0.5) is 11.4 Å². The van der Waals surface area contributed by atoms with Crippen LogP contribution in [0.15, 0.2) is 45.3 Å². The standard InChI is InChI=1S/C18H15Br2ClN2O2/c1-10-15(7-6-14(20)17(10)21)22-18(25)11-8-16(24)23(9-11)13-4-2-12(19)3-5-13/h2-7,11H,8-9H2,1H3,(H,22,25)/t11-/m1/s1. The zero-order valence-corrected chi connectivity index (χ0v) is 17.3. The first kappa shape index (κ1) is 18.4. The van der Waals surface area contributed by atoms with Gasteiger partial charge in [-0.05, 0) is 64.8 Å². The Balaban J connectivity index is 1.73. The van der Waals surface area contributed by atoms with E-state index < -0.39 is 5.92 Å². The van der Waals surface area contributed by atoms with Gasteiger partial charge in [0.05, 0.1) is 10.9 Å². The molecule has 0 aliphatic carbocycles. The van der Waals surface area contributed by atoms with E-state index in [0.29, 0.717) is 17.3 Å². The highest BCUT2D eigenvalue weighted by Gasteiger charge is 2.35. The van der Waals surface area contributed by atoms with Crippen LogP contribution >= 0.6 is 43.5 Å². The molecule has 1 aliphatic heterocycles. The van der Waals surface area contributed by atoms with Gasteiger partial charge in [-0.25, -0.2) is 0 Å². The van der Waals surface area contributed by atoms with Crippen LogP contribution in [0.25, 0.3) is 0 Å². The van der Waals surface area contributed by atoms with E-state index in [1.807, 2.05) is 31.2 Å². The number of amides is 2. The predicted octanol–water partition coefficient (Wildman–Crippen LogP) is 5.17. The number of hydrogen-bond donors (Lipinski definition) is 1. The fourth-order valence-electron chi connectivity index (χ4n) is 2.78. The number of rotatable bonds is 3. The number of nitrogens with one attached hydrogen (secondary N) is 1. The third-order valence-electron chi connectivity index (χ3n) is 4.23. The van der Waals surface area contributed by atoms with Crippen LogP contribution < -0.4 is 10.2 Å². The first-order chi connectivity index (χ1) is 11.9. The van der Waals surface area contributed by atoms with E-state index in [9.17, 15) is 9.59 Å². The molecule has 1 saturated heterocycles. The summed E-state index contributed by atoms with van der Waals surface area (Å²) in [5.41, 5.74) is 2.25. The SMILES string of the molecule is Cc1c(NC(=O)[C@@H]2CC(=O)N(c3ccc(Br)cc3)C2)ccc(Br)c1Cl. The highest BCUT2D eigenvalue weighted by molar-refractivity contribution is 9.10. The summed E-state index contributed by atoms with van der Waals surface area (Å²) in [7, 11) is 0. The molecule has 4 nitrogen and oxygen atoms in total. The molecule has 2 aromatic rings. The summed E-state index contributed by atoms with van der Waals surface area (Å²) < 4.78 is 1.72. The fraction of sp³-hybridized carbons (Fsp3) is 0.222. The Kier molecular flexibility index (Phi) is 5.51. The van der Waals surface area contributed by atoms with E-state index >= 15 is 0 Å². The Hall–Kier alpha value is -1.37. The third kappa shape index (κ3) is 3.91. The number of carbonyl (C=O) groups is 2. The average molecular weight is 487 g/mol. The Bertz CT molecular complexity index is 840. The normalized spacial score (nSPS) is 17.0. The number of benzene rings is 2. The minimum atomic E-state index is -0.391. The van der Waals surface area contributed by atoms with Gasteiger partial charge in [-0.3, -0.25) is 9.59 Å². The van der Waals surface area contributed by atoms with Crippen LogP contribution in [-0.4, -0.2) is 18.4 Å². The van der Waals surface area contributed by atoms with Crippen molar-refractivity contribution in [1.29, 1.82) is 0 Å². The summed E-state index contributed by atoms with van der Waals surface area (Å²) in [6.45, 7) is 2.21. The monoisotopic (exact) mass is 484 g/mol. The maximum Gasteiger partial charge on any atom is 0.229 e. The fourth-order valence-corrected chi connectivity index (χ4v) is 3.63. The summed E-state index contributed by atoms with van der Waals surface area (Å²) in [5.74, 6) is -0.611. The van der Waals surface area contributed by atoms with Gasteiger partial charge in [0, 0.05) is 33.3 Å². The lowest BCUT2D eigenvalue weighted by Crippen LogP contribution is -2.28. The highest BCUT2D eigenvalue weighted by Crippen LogP contribution is 2.32. The zero-order valence-electron chi connectivity index (χ0n) is 13.4. The van der Waals surface area contributed by atoms with Crippen molar-refractivity contribution in [3.05, 3.63) is 55.9 Å². The second-order valence-corrected chi connectivity index (χ2v) is 8.05. The van der Waals surface area contributed by atoms with Gasteiger partial charge in [0.25, 0.3) is 0 Å². The topological polar surface area (TPSA) is 49.4 Å². The Morgan fingerprint density at radius 3 is 2.56 bits per heavy atom. The van der Waals surface area contributed by atoms with Gasteiger partial charge in [0.1, 0.15) is 0 Å². The highest BCUT2D eigenvalue weighted by atomic mass is 79.9. The van der Waals surface area contributed by atoms with Gasteiger partial charge in [-0.15, -0.1) is 0 Å². The van der Waals surface area contributed by atoms with Crippen LogP contribution in [0.2, 0.25) is 5.02 Å². The molecule has 1 heterocycles. The first-order valence-corrected chi connectivity index (χ1v) is 9.64. The summed E-state index contributed by atoms with van der Waals surface area (Å²) in [6.07, 6.45) is 0.200. The second-order valence-electron chi connectivity index (χ2n) is 5.90. The largest absolute Gasteiger partial charge is 0.325 e. The van der Waals surface area contributed by atoms with Crippen molar-refractivity contribution >= 4 is 66.6 Å². The first-order valence-electron chi connectivity index (χ1n) is 7.68. The van der Waals surface area contributed by atoms with Crippen LogP contribution in [0.3, 0.4) is 0 Å². The van der Waals surface area contributed by atoms with Crippen molar-refractivity contribution in [3.8, 4) is 0 Å². The smallest absolute Gasteiger partial charge is 0.229 e. The number of hydrogen-bond acceptors (Lipinski definition) is 2. The lowest BCUT2D eigenvalue weighted by Gasteiger charge is -2.17. The minimum Gasteiger partial charge on any atom is -0.325 e. The second kappa shape index (κ2) is 7.48. The number of nitrogens with zero attached hydrogens (tertiary/aromatic N) is 1. The zero-order chi connectivity index (χ0) is 18.1. The maximum atomic E-state index is 12.6. The molecule has 3 rings (SSSR count). The van der Waals surface area contributed by atoms with E-state index in [-0.39, 0.29) is 18.2 Å².